The summed E-state index contributed by atoms with van der Waals surface area (Å²) in [7, 11) is 0. The second-order valence-corrected chi connectivity index (χ2v) is 9.80. The highest BCUT2D eigenvalue weighted by Gasteiger charge is 2.33. The molecule has 0 saturated heterocycles. The standard InChI is InChI=1S/C25H32ClF2NO3/c1-16(2)25(27,28)15-18-11-9-17(10-12-18)13-21(29-23(31)32-24(3,4)5)22(30)19-7-6-8-20(26)14-19/h6-12,14,16,21-22,30H,13,15H2,1-5H3,(H,29,31). The molecular formula is C25H32ClF2NO3. The lowest BCUT2D eigenvalue weighted by molar-refractivity contribution is -0.0439. The van der Waals surface area contributed by atoms with Crippen LogP contribution in [-0.2, 0) is 17.6 Å². The monoisotopic (exact) mass is 467 g/mol. The first kappa shape index (κ1) is 26.1. The van der Waals surface area contributed by atoms with Crippen molar-refractivity contribution in [2.45, 2.75) is 71.1 Å². The molecule has 176 valence electrons. The van der Waals surface area contributed by atoms with E-state index in [0.717, 1.165) is 5.56 Å². The van der Waals surface area contributed by atoms with E-state index < -0.39 is 35.7 Å². The molecule has 0 heterocycles. The minimum atomic E-state index is -2.79. The summed E-state index contributed by atoms with van der Waals surface area (Å²) in [5, 5.41) is 14.2. The number of hydrogen-bond donors (Lipinski definition) is 2. The highest BCUT2D eigenvalue weighted by Crippen LogP contribution is 2.29. The molecule has 0 aliphatic heterocycles. The van der Waals surface area contributed by atoms with Crippen LogP contribution in [0.25, 0.3) is 0 Å². The molecule has 2 rings (SSSR count). The number of rotatable bonds is 8. The molecule has 32 heavy (non-hydrogen) atoms. The number of carbonyl (C=O) groups is 1. The van der Waals surface area contributed by atoms with E-state index in [2.05, 4.69) is 5.32 Å². The van der Waals surface area contributed by atoms with Crippen molar-refractivity contribution in [3.05, 3.63) is 70.2 Å². The number of carbonyl (C=O) groups excluding carboxylic acids is 1. The van der Waals surface area contributed by atoms with Crippen LogP contribution < -0.4 is 5.32 Å². The van der Waals surface area contributed by atoms with Crippen molar-refractivity contribution >= 4 is 17.7 Å². The number of aliphatic hydroxyl groups is 1. The molecule has 0 saturated carbocycles. The number of aliphatic hydroxyl groups excluding tert-OH is 1. The van der Waals surface area contributed by atoms with Crippen LogP contribution in [0.1, 0.15) is 57.4 Å². The Morgan fingerprint density at radius 1 is 1.09 bits per heavy atom. The lowest BCUT2D eigenvalue weighted by Gasteiger charge is -2.27. The Kier molecular flexibility index (Phi) is 8.66. The lowest BCUT2D eigenvalue weighted by atomic mass is 9.94. The van der Waals surface area contributed by atoms with Crippen molar-refractivity contribution in [3.63, 3.8) is 0 Å². The minimum absolute atomic E-state index is 0.272. The topological polar surface area (TPSA) is 58.6 Å². The second-order valence-electron chi connectivity index (χ2n) is 9.37. The van der Waals surface area contributed by atoms with Gasteiger partial charge in [0.1, 0.15) is 5.60 Å². The second kappa shape index (κ2) is 10.6. The van der Waals surface area contributed by atoms with Crippen LogP contribution in [0.3, 0.4) is 0 Å². The summed E-state index contributed by atoms with van der Waals surface area (Å²) in [5.74, 6) is -3.54. The molecule has 0 aromatic heterocycles. The van der Waals surface area contributed by atoms with Gasteiger partial charge in [0.05, 0.1) is 12.1 Å². The fourth-order valence-electron chi connectivity index (χ4n) is 3.15. The van der Waals surface area contributed by atoms with E-state index in [-0.39, 0.29) is 12.8 Å². The maximum Gasteiger partial charge on any atom is 0.407 e. The van der Waals surface area contributed by atoms with Crippen molar-refractivity contribution in [1.82, 2.24) is 5.32 Å². The van der Waals surface area contributed by atoms with Crippen LogP contribution in [-0.4, -0.2) is 28.8 Å². The zero-order valence-electron chi connectivity index (χ0n) is 19.2. The van der Waals surface area contributed by atoms with Gasteiger partial charge in [-0.2, -0.15) is 0 Å². The van der Waals surface area contributed by atoms with Gasteiger partial charge in [-0.05, 0) is 56.0 Å². The number of benzene rings is 2. The Morgan fingerprint density at radius 3 is 2.22 bits per heavy atom. The number of amides is 1. The molecule has 2 N–H and O–H groups in total. The number of alkyl carbamates (subject to hydrolysis) is 1. The predicted molar refractivity (Wildman–Crippen MR) is 123 cm³/mol. The quantitative estimate of drug-likeness (QED) is 0.476. The molecule has 4 nitrogen and oxygen atoms in total. The smallest absolute Gasteiger partial charge is 0.407 e. The van der Waals surface area contributed by atoms with Crippen LogP contribution in [0.5, 0.6) is 0 Å². The zero-order chi connectivity index (χ0) is 24.1. The molecule has 0 spiro atoms. The summed E-state index contributed by atoms with van der Waals surface area (Å²) in [6.45, 7) is 8.25. The van der Waals surface area contributed by atoms with Crippen molar-refractivity contribution < 1.29 is 23.4 Å². The molecule has 2 atom stereocenters. The van der Waals surface area contributed by atoms with Gasteiger partial charge in [0, 0.05) is 17.4 Å². The Bertz CT molecular complexity index is 895. The van der Waals surface area contributed by atoms with Gasteiger partial charge in [-0.15, -0.1) is 0 Å². The normalized spacial score (nSPS) is 14.2. The molecule has 0 bridgehead atoms. The Labute approximate surface area is 193 Å². The molecule has 0 radical (unpaired) electrons. The molecule has 2 aromatic carbocycles. The first-order valence-electron chi connectivity index (χ1n) is 10.7. The van der Waals surface area contributed by atoms with E-state index in [1.165, 1.54) is 13.8 Å². The molecule has 7 heteroatoms. The first-order valence-corrected chi connectivity index (χ1v) is 11.0. The van der Waals surface area contributed by atoms with Crippen LogP contribution in [0.4, 0.5) is 13.6 Å². The third-order valence-electron chi connectivity index (χ3n) is 5.04. The molecular weight excluding hydrogens is 436 g/mol. The maximum atomic E-state index is 14.0. The predicted octanol–water partition coefficient (Wildman–Crippen LogP) is 6.34. The Balaban J connectivity index is 2.21. The van der Waals surface area contributed by atoms with Gasteiger partial charge < -0.3 is 15.2 Å². The van der Waals surface area contributed by atoms with E-state index in [9.17, 15) is 18.7 Å². The Hall–Kier alpha value is -2.18. The summed E-state index contributed by atoms with van der Waals surface area (Å²) in [6, 6.07) is 12.8. The number of alkyl halides is 2. The average molecular weight is 468 g/mol. The molecule has 0 fully saturated rings. The summed E-state index contributed by atoms with van der Waals surface area (Å²) in [4.78, 5) is 12.4. The van der Waals surface area contributed by atoms with Crippen molar-refractivity contribution in [2.75, 3.05) is 0 Å². The van der Waals surface area contributed by atoms with Crippen molar-refractivity contribution in [3.8, 4) is 0 Å². The third-order valence-corrected chi connectivity index (χ3v) is 5.27. The van der Waals surface area contributed by atoms with Gasteiger partial charge in [0.25, 0.3) is 5.92 Å². The summed E-state index contributed by atoms with van der Waals surface area (Å²) >= 11 is 6.05. The number of halogens is 3. The fraction of sp³-hybridized carbons (Fsp3) is 0.480. The van der Waals surface area contributed by atoms with Crippen molar-refractivity contribution in [2.24, 2.45) is 5.92 Å². The van der Waals surface area contributed by atoms with E-state index in [4.69, 9.17) is 16.3 Å². The van der Waals surface area contributed by atoms with Crippen LogP contribution >= 0.6 is 11.6 Å². The number of hydrogen-bond acceptors (Lipinski definition) is 3. The summed E-state index contributed by atoms with van der Waals surface area (Å²) in [5.41, 5.74) is 1.16. The van der Waals surface area contributed by atoms with Gasteiger partial charge in [-0.1, -0.05) is 61.8 Å². The van der Waals surface area contributed by atoms with Gasteiger partial charge in [0.2, 0.25) is 0 Å². The molecule has 0 aliphatic carbocycles. The van der Waals surface area contributed by atoms with E-state index in [1.54, 1.807) is 69.3 Å². The van der Waals surface area contributed by atoms with Gasteiger partial charge in [-0.3, -0.25) is 0 Å². The molecule has 2 aromatic rings. The first-order chi connectivity index (χ1) is 14.8. The Morgan fingerprint density at radius 2 is 1.69 bits per heavy atom. The SMILES string of the molecule is CC(C)C(F)(F)Cc1ccc(CC(NC(=O)OC(C)(C)C)C(O)c2cccc(Cl)c2)cc1. The number of ether oxygens (including phenoxy) is 1. The molecule has 2 unspecified atom stereocenters. The van der Waals surface area contributed by atoms with E-state index in [0.29, 0.717) is 16.1 Å². The summed E-state index contributed by atoms with van der Waals surface area (Å²) in [6.07, 6.45) is -1.77. The fourth-order valence-corrected chi connectivity index (χ4v) is 3.35. The minimum Gasteiger partial charge on any atom is -0.444 e. The average Bonchev–Trinajstić information content (AvgIpc) is 2.66. The lowest BCUT2D eigenvalue weighted by Crippen LogP contribution is -2.43. The van der Waals surface area contributed by atoms with Gasteiger partial charge in [0.15, 0.2) is 0 Å². The van der Waals surface area contributed by atoms with E-state index >= 15 is 0 Å². The van der Waals surface area contributed by atoms with Gasteiger partial charge in [-0.25, -0.2) is 13.6 Å². The highest BCUT2D eigenvalue weighted by atomic mass is 35.5. The third kappa shape index (κ3) is 8.06. The van der Waals surface area contributed by atoms with Crippen LogP contribution in [0, 0.1) is 5.92 Å². The van der Waals surface area contributed by atoms with Crippen LogP contribution in [0.15, 0.2) is 48.5 Å². The molecule has 1 amide bonds. The number of nitrogens with one attached hydrogen (secondary N) is 1. The summed E-state index contributed by atoms with van der Waals surface area (Å²) < 4.78 is 33.4. The molecule has 0 aliphatic rings. The van der Waals surface area contributed by atoms with Crippen molar-refractivity contribution in [1.29, 1.82) is 0 Å². The zero-order valence-corrected chi connectivity index (χ0v) is 19.9. The van der Waals surface area contributed by atoms with Gasteiger partial charge >= 0.3 is 6.09 Å². The van der Waals surface area contributed by atoms with Crippen LogP contribution in [0.2, 0.25) is 5.02 Å². The highest BCUT2D eigenvalue weighted by molar-refractivity contribution is 6.30. The van der Waals surface area contributed by atoms with E-state index in [1.807, 2.05) is 0 Å². The maximum absolute atomic E-state index is 14.0. The largest absolute Gasteiger partial charge is 0.444 e.